The van der Waals surface area contributed by atoms with Crippen molar-refractivity contribution in [3.8, 4) is 0 Å². The van der Waals surface area contributed by atoms with Crippen molar-refractivity contribution in [1.82, 2.24) is 0 Å². The fraction of sp³-hybridized carbons (Fsp3) is 0.846. The number of hydrogen-bond donors (Lipinski definition) is 0. The Labute approximate surface area is 104 Å². The quantitative estimate of drug-likeness (QED) is 0.616. The highest BCUT2D eigenvalue weighted by atomic mass is 16.5. The summed E-state index contributed by atoms with van der Waals surface area (Å²) in [6.07, 6.45) is 3.11. The third kappa shape index (κ3) is 11.2. The molecule has 17 heavy (non-hydrogen) atoms. The van der Waals surface area contributed by atoms with E-state index in [1.165, 1.54) is 13.8 Å². The molecule has 0 fully saturated rings. The van der Waals surface area contributed by atoms with Crippen molar-refractivity contribution in [2.24, 2.45) is 11.8 Å². The van der Waals surface area contributed by atoms with Gasteiger partial charge in [-0.2, -0.15) is 0 Å². The molecule has 0 radical (unpaired) electrons. The van der Waals surface area contributed by atoms with Crippen LogP contribution in [-0.4, -0.2) is 25.2 Å². The van der Waals surface area contributed by atoms with Gasteiger partial charge in [0.05, 0.1) is 13.2 Å². The Bertz CT molecular complexity index is 214. The van der Waals surface area contributed by atoms with Crippen LogP contribution in [-0.2, 0) is 19.1 Å². The normalized spacial score (nSPS) is 13.9. The molecule has 0 saturated heterocycles. The van der Waals surface area contributed by atoms with Crippen molar-refractivity contribution in [1.29, 1.82) is 0 Å². The van der Waals surface area contributed by atoms with E-state index in [1.54, 1.807) is 0 Å². The second kappa shape index (κ2) is 9.02. The van der Waals surface area contributed by atoms with Crippen molar-refractivity contribution in [2.75, 3.05) is 13.2 Å². The summed E-state index contributed by atoms with van der Waals surface area (Å²) in [6.45, 7) is 7.97. The molecule has 0 aromatic rings. The second-order valence-corrected chi connectivity index (χ2v) is 4.75. The number of ether oxygens (including phenoxy) is 2. The molecule has 0 unspecified atom stereocenters. The first-order valence-electron chi connectivity index (χ1n) is 6.18. The van der Waals surface area contributed by atoms with Gasteiger partial charge in [0.25, 0.3) is 0 Å². The first-order chi connectivity index (χ1) is 7.91. The van der Waals surface area contributed by atoms with Crippen molar-refractivity contribution in [3.63, 3.8) is 0 Å². The van der Waals surface area contributed by atoms with Gasteiger partial charge in [-0.05, 0) is 24.7 Å². The van der Waals surface area contributed by atoms with Gasteiger partial charge in [0.15, 0.2) is 0 Å². The fourth-order valence-corrected chi connectivity index (χ4v) is 1.50. The maximum atomic E-state index is 10.6. The first-order valence-corrected chi connectivity index (χ1v) is 6.18. The Balaban J connectivity index is 3.48. The summed E-state index contributed by atoms with van der Waals surface area (Å²) in [4.78, 5) is 21.2. The van der Waals surface area contributed by atoms with Crippen LogP contribution < -0.4 is 0 Å². The van der Waals surface area contributed by atoms with Crippen LogP contribution in [0, 0.1) is 11.8 Å². The molecule has 0 amide bonds. The first kappa shape index (κ1) is 15.9. The number of hydrogen-bond acceptors (Lipinski definition) is 4. The van der Waals surface area contributed by atoms with E-state index in [4.69, 9.17) is 9.47 Å². The maximum absolute atomic E-state index is 10.6. The summed E-state index contributed by atoms with van der Waals surface area (Å²) < 4.78 is 9.86. The number of rotatable bonds is 8. The van der Waals surface area contributed by atoms with Gasteiger partial charge in [-0.1, -0.05) is 20.3 Å². The minimum Gasteiger partial charge on any atom is -0.466 e. The third-order valence-electron chi connectivity index (χ3n) is 2.54. The van der Waals surface area contributed by atoms with Crippen LogP contribution in [0.1, 0.15) is 47.0 Å². The summed E-state index contributed by atoms with van der Waals surface area (Å²) in [5, 5.41) is 0. The molecule has 0 N–H and O–H groups in total. The zero-order valence-electron chi connectivity index (χ0n) is 11.3. The van der Waals surface area contributed by atoms with Crippen molar-refractivity contribution >= 4 is 11.9 Å². The Hall–Kier alpha value is -1.06. The second-order valence-electron chi connectivity index (χ2n) is 4.75. The topological polar surface area (TPSA) is 52.6 Å². The van der Waals surface area contributed by atoms with E-state index in [9.17, 15) is 9.59 Å². The van der Waals surface area contributed by atoms with E-state index < -0.39 is 0 Å². The van der Waals surface area contributed by atoms with Crippen molar-refractivity contribution in [3.05, 3.63) is 0 Å². The van der Waals surface area contributed by atoms with Gasteiger partial charge in [0.2, 0.25) is 0 Å². The number of carbonyl (C=O) groups excluding carboxylic acids is 2. The Morgan fingerprint density at radius 2 is 1.24 bits per heavy atom. The fourth-order valence-electron chi connectivity index (χ4n) is 1.50. The van der Waals surface area contributed by atoms with Crippen LogP contribution in [0.5, 0.6) is 0 Å². The monoisotopic (exact) mass is 244 g/mol. The third-order valence-corrected chi connectivity index (χ3v) is 2.54. The van der Waals surface area contributed by atoms with Gasteiger partial charge in [-0.3, -0.25) is 9.59 Å². The molecule has 4 nitrogen and oxygen atoms in total. The van der Waals surface area contributed by atoms with E-state index in [2.05, 4.69) is 13.8 Å². The Morgan fingerprint density at radius 3 is 1.53 bits per heavy atom. The number of carbonyl (C=O) groups is 2. The molecule has 4 heteroatoms. The molecule has 0 saturated carbocycles. The lowest BCUT2D eigenvalue weighted by atomic mass is 9.99. The maximum Gasteiger partial charge on any atom is 0.302 e. The van der Waals surface area contributed by atoms with Crippen LogP contribution in [0.3, 0.4) is 0 Å². The summed E-state index contributed by atoms with van der Waals surface area (Å²) in [6, 6.07) is 0. The van der Waals surface area contributed by atoms with Gasteiger partial charge in [0.1, 0.15) is 0 Å². The van der Waals surface area contributed by atoms with Gasteiger partial charge >= 0.3 is 11.9 Å². The molecule has 0 aliphatic rings. The molecule has 0 spiro atoms. The lowest BCUT2D eigenvalue weighted by molar-refractivity contribution is -0.142. The molecule has 0 bridgehead atoms. The van der Waals surface area contributed by atoms with Crippen LogP contribution in [0.2, 0.25) is 0 Å². The largest absolute Gasteiger partial charge is 0.466 e. The highest BCUT2D eigenvalue weighted by Gasteiger charge is 2.08. The molecule has 0 aliphatic carbocycles. The predicted octanol–water partition coefficient (Wildman–Crippen LogP) is 2.56. The Morgan fingerprint density at radius 1 is 0.882 bits per heavy atom. The zero-order valence-corrected chi connectivity index (χ0v) is 11.3. The number of esters is 2. The smallest absolute Gasteiger partial charge is 0.302 e. The minimum atomic E-state index is -0.222. The lowest BCUT2D eigenvalue weighted by Gasteiger charge is -2.14. The average molecular weight is 244 g/mol. The van der Waals surface area contributed by atoms with E-state index >= 15 is 0 Å². The van der Waals surface area contributed by atoms with Crippen LogP contribution in [0.25, 0.3) is 0 Å². The van der Waals surface area contributed by atoms with E-state index in [1.807, 2.05) is 0 Å². The molecule has 0 aliphatic heterocycles. The molecule has 0 aromatic heterocycles. The lowest BCUT2D eigenvalue weighted by Crippen LogP contribution is -2.11. The molecular weight excluding hydrogens is 220 g/mol. The van der Waals surface area contributed by atoms with Crippen molar-refractivity contribution < 1.29 is 19.1 Å². The SMILES string of the molecule is CC(=O)OC[C@@H](C)CCC[C@H](C)COC(C)=O. The van der Waals surface area contributed by atoms with Crippen LogP contribution in [0.15, 0.2) is 0 Å². The average Bonchev–Trinajstić information content (AvgIpc) is 2.23. The summed E-state index contributed by atoms with van der Waals surface area (Å²) in [7, 11) is 0. The van der Waals surface area contributed by atoms with Crippen LogP contribution in [0.4, 0.5) is 0 Å². The van der Waals surface area contributed by atoms with Gasteiger partial charge < -0.3 is 9.47 Å². The summed E-state index contributed by atoms with van der Waals surface area (Å²) in [5.74, 6) is 0.333. The Kier molecular flexibility index (Phi) is 8.46. The molecule has 0 heterocycles. The van der Waals surface area contributed by atoms with E-state index in [-0.39, 0.29) is 11.9 Å². The molecular formula is C13H24O4. The molecule has 100 valence electrons. The van der Waals surface area contributed by atoms with Gasteiger partial charge in [-0.25, -0.2) is 0 Å². The standard InChI is InChI=1S/C13H24O4/c1-10(8-16-12(3)14)6-5-7-11(2)9-17-13(4)15/h10-11H,5-9H2,1-4H3/t10-,11-/m0/s1. The van der Waals surface area contributed by atoms with E-state index in [0.29, 0.717) is 25.0 Å². The molecule has 2 atom stereocenters. The molecule has 0 rings (SSSR count). The highest BCUT2D eigenvalue weighted by Crippen LogP contribution is 2.13. The highest BCUT2D eigenvalue weighted by molar-refractivity contribution is 5.66. The van der Waals surface area contributed by atoms with Gasteiger partial charge in [-0.15, -0.1) is 0 Å². The summed E-state index contributed by atoms with van der Waals surface area (Å²) >= 11 is 0. The van der Waals surface area contributed by atoms with Gasteiger partial charge in [0, 0.05) is 13.8 Å². The summed E-state index contributed by atoms with van der Waals surface area (Å²) in [5.41, 5.74) is 0. The predicted molar refractivity (Wildman–Crippen MR) is 65.4 cm³/mol. The van der Waals surface area contributed by atoms with E-state index in [0.717, 1.165) is 19.3 Å². The minimum absolute atomic E-state index is 0.222. The zero-order chi connectivity index (χ0) is 13.3. The van der Waals surface area contributed by atoms with Crippen LogP contribution >= 0.6 is 0 Å². The molecule has 0 aromatic carbocycles. The van der Waals surface area contributed by atoms with Crippen molar-refractivity contribution in [2.45, 2.75) is 47.0 Å².